The zero-order valence-electron chi connectivity index (χ0n) is 7.84. The van der Waals surface area contributed by atoms with Gasteiger partial charge >= 0.3 is 0 Å². The topological polar surface area (TPSA) is 40.5 Å². The average molecular weight is 186 g/mol. The van der Waals surface area contributed by atoms with Crippen molar-refractivity contribution in [3.8, 4) is 0 Å². The van der Waals surface area contributed by atoms with Crippen LogP contribution in [0.2, 0.25) is 0 Å². The first-order valence-corrected chi connectivity index (χ1v) is 3.50. The van der Waals surface area contributed by atoms with E-state index in [9.17, 15) is 0 Å². The number of likely N-dealkylation sites (N-methyl/N-ethyl adjacent to an activating group) is 1. The highest BCUT2D eigenvalue weighted by Crippen LogP contribution is 1.92. The average Bonchev–Trinajstić information content (AvgIpc) is 1.93. The van der Waals surface area contributed by atoms with Gasteiger partial charge in [-0.3, -0.25) is 0 Å². The Hall–Kier alpha value is 0.170. The third-order valence-electron chi connectivity index (χ3n) is 1.56. The Labute approximate surface area is 75.6 Å². The van der Waals surface area contributed by atoms with Crippen LogP contribution in [0.3, 0.4) is 0 Å². The lowest BCUT2D eigenvalue weighted by atomic mass is 10.5. The summed E-state index contributed by atoms with van der Waals surface area (Å²) in [5.41, 5.74) is 0. The predicted octanol–water partition coefficient (Wildman–Crippen LogP) is -3.31. The summed E-state index contributed by atoms with van der Waals surface area (Å²) in [5, 5.41) is 15.5. The molecule has 0 heterocycles. The lowest BCUT2D eigenvalue weighted by molar-refractivity contribution is -0.888. The Morgan fingerprint density at radius 2 is 1.55 bits per heavy atom. The van der Waals surface area contributed by atoms with E-state index >= 15 is 0 Å². The molecule has 0 fully saturated rings. The highest BCUT2D eigenvalue weighted by molar-refractivity contribution is 4.24. The summed E-state index contributed by atoms with van der Waals surface area (Å²) in [4.78, 5) is 0. The Balaban J connectivity index is -0.000000196. The van der Waals surface area contributed by atoms with Crippen LogP contribution in [0, 0.1) is 0 Å². The van der Waals surface area contributed by atoms with E-state index < -0.39 is 0 Å². The normalized spacial score (nSPS) is 9.27. The van der Waals surface area contributed by atoms with Gasteiger partial charge in [0.05, 0.1) is 27.2 Å². The monoisotopic (exact) mass is 185 g/mol. The van der Waals surface area contributed by atoms with Crippen molar-refractivity contribution in [1.29, 1.82) is 0 Å². The van der Waals surface area contributed by atoms with E-state index in [2.05, 4.69) is 21.0 Å². The predicted molar refractivity (Wildman–Crippen MR) is 42.7 cm³/mol. The molecule has 3 nitrogen and oxygen atoms in total. The van der Waals surface area contributed by atoms with Crippen molar-refractivity contribution in [2.45, 2.75) is 6.92 Å². The van der Waals surface area contributed by atoms with E-state index in [0.29, 0.717) is 6.61 Å². The molecule has 0 saturated carbocycles. The molecule has 0 radical (unpaired) electrons. The van der Waals surface area contributed by atoms with Crippen LogP contribution in [0.15, 0.2) is 0 Å². The number of quaternary nitrogens is 1. The summed E-state index contributed by atoms with van der Waals surface area (Å²) in [7, 11) is 5.21. The van der Waals surface area contributed by atoms with Gasteiger partial charge in [0.2, 0.25) is 0 Å². The van der Waals surface area contributed by atoms with Gasteiger partial charge in [-0.1, -0.05) is 0 Å². The third-order valence-corrected chi connectivity index (χ3v) is 1.56. The lowest BCUT2D eigenvalue weighted by Crippen LogP contribution is -3.00. The summed E-state index contributed by atoms with van der Waals surface area (Å²) < 4.78 is 0.913. The molecule has 0 aromatic carbocycles. The summed E-state index contributed by atoms with van der Waals surface area (Å²) in [6, 6.07) is 0. The molecule has 0 spiro atoms. The van der Waals surface area contributed by atoms with Crippen LogP contribution in [0.25, 0.3) is 0 Å². The molecule has 0 atom stereocenters. The molecule has 0 aromatic rings. The number of hydrogen-bond acceptors (Lipinski definition) is 2. The zero-order valence-corrected chi connectivity index (χ0v) is 8.60. The van der Waals surface area contributed by atoms with Crippen LogP contribution in [0.4, 0.5) is 0 Å². The highest BCUT2D eigenvalue weighted by atomic mass is 35.5. The fraction of sp³-hybridized carbons (Fsp3) is 1.00. The standard InChI is InChI=1S/C6H16NO.CH4O.ClH/c1-4-7(2,3)5-6-8;1-2;/h8H,4-6H2,1-3H3;2H,1H3;1H/q+1;;/p-1. The third kappa shape index (κ3) is 13.2. The van der Waals surface area contributed by atoms with Crippen molar-refractivity contribution in [3.05, 3.63) is 0 Å². The summed E-state index contributed by atoms with van der Waals surface area (Å²) in [5.74, 6) is 0. The molecule has 4 heteroatoms. The van der Waals surface area contributed by atoms with Gasteiger partial charge in [-0.15, -0.1) is 0 Å². The van der Waals surface area contributed by atoms with E-state index in [1.165, 1.54) is 0 Å². The Morgan fingerprint density at radius 1 is 1.18 bits per heavy atom. The molecular weight excluding hydrogens is 166 g/mol. The van der Waals surface area contributed by atoms with Crippen molar-refractivity contribution in [1.82, 2.24) is 0 Å². The fourth-order valence-electron chi connectivity index (χ4n) is 0.429. The molecule has 2 N–H and O–H groups in total. The van der Waals surface area contributed by atoms with Crippen molar-refractivity contribution in [2.75, 3.05) is 40.9 Å². The van der Waals surface area contributed by atoms with Crippen molar-refractivity contribution in [2.24, 2.45) is 0 Å². The number of nitrogens with zero attached hydrogens (tertiary/aromatic N) is 1. The second kappa shape index (κ2) is 10.2. The second-order valence-corrected chi connectivity index (χ2v) is 2.70. The molecule has 11 heavy (non-hydrogen) atoms. The van der Waals surface area contributed by atoms with Crippen molar-refractivity contribution < 1.29 is 27.1 Å². The summed E-state index contributed by atoms with van der Waals surface area (Å²) >= 11 is 0. The van der Waals surface area contributed by atoms with Crippen LogP contribution in [0.1, 0.15) is 6.92 Å². The van der Waals surface area contributed by atoms with Crippen molar-refractivity contribution in [3.63, 3.8) is 0 Å². The molecule has 0 rings (SSSR count). The van der Waals surface area contributed by atoms with Gasteiger partial charge in [0.1, 0.15) is 6.54 Å². The van der Waals surface area contributed by atoms with Crippen LogP contribution >= 0.6 is 0 Å². The molecule has 0 aliphatic carbocycles. The number of aliphatic hydroxyl groups is 2. The molecule has 72 valence electrons. The van der Waals surface area contributed by atoms with Gasteiger partial charge in [-0.05, 0) is 6.92 Å². The molecule has 0 aromatic heterocycles. The number of rotatable bonds is 3. The Morgan fingerprint density at radius 3 is 1.64 bits per heavy atom. The SMILES string of the molecule is CC[N+](C)(C)CCO.CO.[Cl-]. The van der Waals surface area contributed by atoms with Crippen LogP contribution in [-0.4, -0.2) is 55.6 Å². The maximum Gasteiger partial charge on any atom is 0.102 e. The first-order valence-electron chi connectivity index (χ1n) is 3.50. The van der Waals surface area contributed by atoms with Crippen LogP contribution in [-0.2, 0) is 0 Å². The molecule has 0 aliphatic rings. The summed E-state index contributed by atoms with van der Waals surface area (Å²) in [6.07, 6.45) is 0. The van der Waals surface area contributed by atoms with Gasteiger partial charge in [0.15, 0.2) is 0 Å². The summed E-state index contributed by atoms with van der Waals surface area (Å²) in [6.45, 7) is 4.35. The fourth-order valence-corrected chi connectivity index (χ4v) is 0.429. The number of halogens is 1. The molecule has 0 saturated heterocycles. The minimum atomic E-state index is 0. The first-order chi connectivity index (χ1) is 4.62. The number of hydrogen-bond donors (Lipinski definition) is 2. The Bertz CT molecular complexity index is 69.5. The molecule has 0 amide bonds. The molecule has 0 aliphatic heterocycles. The molecular formula is C7H20ClNO2. The smallest absolute Gasteiger partial charge is 0.102 e. The largest absolute Gasteiger partial charge is 1.00 e. The van der Waals surface area contributed by atoms with E-state index in [4.69, 9.17) is 10.2 Å². The maximum absolute atomic E-state index is 8.52. The first kappa shape index (κ1) is 17.3. The van der Waals surface area contributed by atoms with Gasteiger partial charge in [0.25, 0.3) is 0 Å². The minimum absolute atomic E-state index is 0. The van der Waals surface area contributed by atoms with E-state index in [-0.39, 0.29) is 12.4 Å². The van der Waals surface area contributed by atoms with E-state index in [0.717, 1.165) is 24.7 Å². The number of aliphatic hydroxyl groups excluding tert-OH is 2. The van der Waals surface area contributed by atoms with E-state index in [1.807, 2.05) is 0 Å². The quantitative estimate of drug-likeness (QED) is 0.452. The van der Waals surface area contributed by atoms with Gasteiger partial charge in [0, 0.05) is 7.11 Å². The van der Waals surface area contributed by atoms with Gasteiger partial charge in [-0.2, -0.15) is 0 Å². The lowest BCUT2D eigenvalue weighted by Gasteiger charge is -2.26. The van der Waals surface area contributed by atoms with Crippen LogP contribution in [0.5, 0.6) is 0 Å². The van der Waals surface area contributed by atoms with Crippen LogP contribution < -0.4 is 12.4 Å². The van der Waals surface area contributed by atoms with Gasteiger partial charge in [-0.25, -0.2) is 0 Å². The Kier molecular flexibility index (Phi) is 16.0. The maximum atomic E-state index is 8.52. The highest BCUT2D eigenvalue weighted by Gasteiger charge is 2.08. The van der Waals surface area contributed by atoms with Gasteiger partial charge < -0.3 is 27.1 Å². The molecule has 0 unspecified atom stereocenters. The van der Waals surface area contributed by atoms with Crippen molar-refractivity contribution >= 4 is 0 Å². The minimum Gasteiger partial charge on any atom is -1.00 e. The zero-order chi connectivity index (χ0) is 8.62. The molecule has 0 bridgehead atoms. The second-order valence-electron chi connectivity index (χ2n) is 2.70. The van der Waals surface area contributed by atoms with E-state index in [1.54, 1.807) is 0 Å².